The summed E-state index contributed by atoms with van der Waals surface area (Å²) in [6.07, 6.45) is -0.368. The minimum atomic E-state index is -0.977. The van der Waals surface area contributed by atoms with Gasteiger partial charge in [-0.3, -0.25) is 33.7 Å². The molecule has 0 aromatic heterocycles. The highest BCUT2D eigenvalue weighted by Crippen LogP contribution is 2.26. The van der Waals surface area contributed by atoms with Gasteiger partial charge in [0.25, 0.3) is 0 Å². The van der Waals surface area contributed by atoms with E-state index in [0.717, 1.165) is 16.7 Å². The van der Waals surface area contributed by atoms with Crippen molar-refractivity contribution >= 4 is 47.2 Å². The molecule has 174 valence electrons. The lowest BCUT2D eigenvalue weighted by Gasteiger charge is -2.19. The summed E-state index contributed by atoms with van der Waals surface area (Å²) < 4.78 is 9.02. The quantitative estimate of drug-likeness (QED) is 0.262. The molecule has 0 aromatic carbocycles. The molecule has 3 amide bonds. The number of hydrogen-bond acceptors (Lipinski definition) is 10. The predicted molar refractivity (Wildman–Crippen MR) is 111 cm³/mol. The number of ether oxygens (including phenoxy) is 2. The molecule has 1 fully saturated rings. The first-order chi connectivity index (χ1) is 14.6. The van der Waals surface area contributed by atoms with Gasteiger partial charge in [0.05, 0.1) is 31.9 Å². The Hall–Kier alpha value is -2.47. The lowest BCUT2D eigenvalue weighted by atomic mass is 10.1. The van der Waals surface area contributed by atoms with E-state index in [2.05, 4.69) is 14.8 Å². The number of likely N-dealkylation sites (tertiary alicyclic amines) is 1. The molecule has 0 spiro atoms. The van der Waals surface area contributed by atoms with Gasteiger partial charge < -0.3 is 20.5 Å². The van der Waals surface area contributed by atoms with Crippen LogP contribution in [0.25, 0.3) is 0 Å². The number of thioether (sulfide) groups is 1. The van der Waals surface area contributed by atoms with E-state index in [-0.39, 0.29) is 56.2 Å². The van der Waals surface area contributed by atoms with Crippen molar-refractivity contribution in [2.45, 2.75) is 56.4 Å². The maximum absolute atomic E-state index is 12.6. The molecule has 0 bridgehead atoms. The highest BCUT2D eigenvalue weighted by atomic mass is 32.2. The maximum Gasteiger partial charge on any atom is 0.322 e. The number of methoxy groups -OCH3 is 2. The predicted octanol–water partition coefficient (Wildman–Crippen LogP) is -0.845. The molecule has 31 heavy (non-hydrogen) atoms. The van der Waals surface area contributed by atoms with Crippen LogP contribution in [0.15, 0.2) is 0 Å². The third kappa shape index (κ3) is 8.29. The van der Waals surface area contributed by atoms with Crippen LogP contribution in [0.1, 0.15) is 39.0 Å². The van der Waals surface area contributed by atoms with E-state index in [9.17, 15) is 28.8 Å². The summed E-state index contributed by atoms with van der Waals surface area (Å²) >= 11 is 1.10. The van der Waals surface area contributed by atoms with E-state index >= 15 is 0 Å². The molecule has 1 rings (SSSR count). The highest BCUT2D eigenvalue weighted by molar-refractivity contribution is 8.00. The van der Waals surface area contributed by atoms with Gasteiger partial charge >= 0.3 is 11.9 Å². The summed E-state index contributed by atoms with van der Waals surface area (Å²) in [5, 5.41) is 1.94. The molecule has 3 N–H and O–H groups in total. The molecule has 0 aromatic rings. The van der Waals surface area contributed by atoms with E-state index < -0.39 is 41.0 Å². The van der Waals surface area contributed by atoms with Gasteiger partial charge in [0.1, 0.15) is 6.04 Å². The fourth-order valence-corrected chi connectivity index (χ4v) is 4.09. The third-order valence-corrected chi connectivity index (χ3v) is 5.99. The summed E-state index contributed by atoms with van der Waals surface area (Å²) in [7, 11) is 2.39. The first-order valence-corrected chi connectivity index (χ1v) is 10.9. The smallest absolute Gasteiger partial charge is 0.322 e. The number of nitrogens with zero attached hydrogens (tertiary/aromatic N) is 1. The van der Waals surface area contributed by atoms with Gasteiger partial charge in [0, 0.05) is 31.6 Å². The van der Waals surface area contributed by atoms with Crippen molar-refractivity contribution in [1.29, 1.82) is 0 Å². The van der Waals surface area contributed by atoms with Gasteiger partial charge in [-0.05, 0) is 13.3 Å². The monoisotopic (exact) mass is 459 g/mol. The van der Waals surface area contributed by atoms with Gasteiger partial charge in [-0.1, -0.05) is 0 Å². The summed E-state index contributed by atoms with van der Waals surface area (Å²) in [5.74, 6) is -2.69. The lowest BCUT2D eigenvalue weighted by molar-refractivity contribution is -0.142. The number of imide groups is 1. The van der Waals surface area contributed by atoms with Crippen LogP contribution in [0.3, 0.4) is 0 Å². The SMILES string of the molecule is CCN1C(=O)CC(SC[C@H](NC(=O)CC[C@H](N)C(=O)OC)C(=O)CCC(=O)OC)C1=O. The Morgan fingerprint density at radius 3 is 2.39 bits per heavy atom. The van der Waals surface area contributed by atoms with Crippen molar-refractivity contribution in [3.05, 3.63) is 0 Å². The van der Waals surface area contributed by atoms with Crippen molar-refractivity contribution < 1.29 is 38.2 Å². The van der Waals surface area contributed by atoms with Crippen LogP contribution >= 0.6 is 11.8 Å². The van der Waals surface area contributed by atoms with Crippen LogP contribution in [0.4, 0.5) is 0 Å². The van der Waals surface area contributed by atoms with Gasteiger partial charge in [0.15, 0.2) is 5.78 Å². The Kier molecular flexibility index (Phi) is 11.2. The molecule has 0 saturated carbocycles. The molecule has 1 heterocycles. The Bertz CT molecular complexity index is 714. The van der Waals surface area contributed by atoms with Gasteiger partial charge in [-0.15, -0.1) is 11.8 Å². The molecular formula is C19H29N3O8S. The zero-order valence-corrected chi connectivity index (χ0v) is 18.7. The van der Waals surface area contributed by atoms with Crippen LogP contribution in [-0.2, 0) is 38.2 Å². The molecule has 3 atom stereocenters. The maximum atomic E-state index is 12.6. The fourth-order valence-electron chi connectivity index (χ4n) is 2.87. The third-order valence-electron chi connectivity index (χ3n) is 4.70. The van der Waals surface area contributed by atoms with Crippen molar-refractivity contribution in [2.75, 3.05) is 26.5 Å². The second-order valence-corrected chi connectivity index (χ2v) is 8.07. The molecule has 1 saturated heterocycles. The second kappa shape index (κ2) is 13.1. The van der Waals surface area contributed by atoms with Gasteiger partial charge in [-0.25, -0.2) is 0 Å². The van der Waals surface area contributed by atoms with Gasteiger partial charge in [0.2, 0.25) is 17.7 Å². The molecule has 0 aliphatic carbocycles. The summed E-state index contributed by atoms with van der Waals surface area (Å²) in [6, 6.07) is -1.95. The highest BCUT2D eigenvalue weighted by Gasteiger charge is 2.38. The van der Waals surface area contributed by atoms with Crippen LogP contribution in [-0.4, -0.2) is 84.2 Å². The van der Waals surface area contributed by atoms with E-state index in [1.54, 1.807) is 6.92 Å². The van der Waals surface area contributed by atoms with E-state index in [0.29, 0.717) is 0 Å². The van der Waals surface area contributed by atoms with E-state index in [4.69, 9.17) is 5.73 Å². The minimum Gasteiger partial charge on any atom is -0.469 e. The molecule has 12 heteroatoms. The normalized spacial score (nSPS) is 17.8. The van der Waals surface area contributed by atoms with Crippen LogP contribution in [0.2, 0.25) is 0 Å². The first-order valence-electron chi connectivity index (χ1n) is 9.82. The molecule has 11 nitrogen and oxygen atoms in total. The number of amides is 3. The van der Waals surface area contributed by atoms with Crippen molar-refractivity contribution in [3.8, 4) is 0 Å². The Morgan fingerprint density at radius 1 is 1.16 bits per heavy atom. The second-order valence-electron chi connectivity index (χ2n) is 6.83. The Balaban J connectivity index is 2.72. The first kappa shape index (κ1) is 26.6. The summed E-state index contributed by atoms with van der Waals surface area (Å²) in [6.45, 7) is 1.97. The fraction of sp³-hybridized carbons (Fsp3) is 0.684. The number of hydrogen-bond donors (Lipinski definition) is 2. The standard InChI is InChI=1S/C19H29N3O8S/c1-4-22-16(25)9-14(18(22)27)31-10-12(13(23)6-8-17(26)29-2)21-15(24)7-5-11(20)19(28)30-3/h11-12,14H,4-10,20H2,1-3H3,(H,21,24)/t11-,12-,14?/m0/s1. The zero-order chi connectivity index (χ0) is 23.6. The average molecular weight is 460 g/mol. The number of nitrogens with one attached hydrogen (secondary N) is 1. The van der Waals surface area contributed by atoms with Gasteiger partial charge in [-0.2, -0.15) is 0 Å². The van der Waals surface area contributed by atoms with Crippen LogP contribution < -0.4 is 11.1 Å². The molecular weight excluding hydrogens is 430 g/mol. The number of carbonyl (C=O) groups is 6. The summed E-state index contributed by atoms with van der Waals surface area (Å²) in [5.41, 5.74) is 5.61. The lowest BCUT2D eigenvalue weighted by Crippen LogP contribution is -2.44. The van der Waals surface area contributed by atoms with E-state index in [1.807, 2.05) is 0 Å². The number of carbonyl (C=O) groups excluding carboxylic acids is 6. The van der Waals surface area contributed by atoms with Crippen LogP contribution in [0, 0.1) is 0 Å². The summed E-state index contributed by atoms with van der Waals surface area (Å²) in [4.78, 5) is 72.8. The number of rotatable bonds is 13. The van der Waals surface area contributed by atoms with Crippen molar-refractivity contribution in [1.82, 2.24) is 10.2 Å². The molecule has 1 unspecified atom stereocenters. The topological polar surface area (TPSA) is 162 Å². The van der Waals surface area contributed by atoms with E-state index in [1.165, 1.54) is 14.2 Å². The molecule has 0 radical (unpaired) electrons. The molecule has 1 aliphatic rings. The number of ketones is 1. The Labute approximate surface area is 184 Å². The Morgan fingerprint density at radius 2 is 1.84 bits per heavy atom. The molecule has 1 aliphatic heterocycles. The largest absolute Gasteiger partial charge is 0.469 e. The zero-order valence-electron chi connectivity index (χ0n) is 17.9. The average Bonchev–Trinajstić information content (AvgIpc) is 3.04. The minimum absolute atomic E-state index is 0.0236. The number of nitrogens with two attached hydrogens (primary N) is 1. The van der Waals surface area contributed by atoms with Crippen molar-refractivity contribution in [3.63, 3.8) is 0 Å². The van der Waals surface area contributed by atoms with Crippen LogP contribution in [0.5, 0.6) is 0 Å². The van der Waals surface area contributed by atoms with Crippen molar-refractivity contribution in [2.24, 2.45) is 5.73 Å². The number of Topliss-reactive ketones (excluding diaryl/α,β-unsaturated/α-hetero) is 1. The number of esters is 2.